The molecule has 104 valence electrons. The molecule has 0 radical (unpaired) electrons. The van der Waals surface area contributed by atoms with Crippen LogP contribution in [0.2, 0.25) is 0 Å². The highest BCUT2D eigenvalue weighted by molar-refractivity contribution is 5.47. The van der Waals surface area contributed by atoms with Crippen molar-refractivity contribution < 1.29 is 0 Å². The quantitative estimate of drug-likeness (QED) is 0.876. The Morgan fingerprint density at radius 3 is 1.85 bits per heavy atom. The fourth-order valence-electron chi connectivity index (χ4n) is 3.50. The summed E-state index contributed by atoms with van der Waals surface area (Å²) in [6.45, 7) is 5.10. The first-order valence-electron chi connectivity index (χ1n) is 7.58. The first-order valence-corrected chi connectivity index (χ1v) is 7.58. The Morgan fingerprint density at radius 2 is 1.40 bits per heavy atom. The molecule has 2 N–H and O–H groups in total. The van der Waals surface area contributed by atoms with Crippen molar-refractivity contribution >= 4 is 0 Å². The summed E-state index contributed by atoms with van der Waals surface area (Å²) in [5.74, 6) is 0.466. The topological polar surface area (TPSA) is 26.0 Å². The van der Waals surface area contributed by atoms with E-state index in [1.807, 2.05) is 0 Å². The Labute approximate surface area is 121 Å². The first kappa shape index (κ1) is 13.4. The molecule has 0 spiro atoms. The summed E-state index contributed by atoms with van der Waals surface area (Å²) >= 11 is 0. The van der Waals surface area contributed by atoms with Gasteiger partial charge in [0.15, 0.2) is 0 Å². The van der Waals surface area contributed by atoms with E-state index in [0.717, 1.165) is 25.8 Å². The van der Waals surface area contributed by atoms with Crippen LogP contribution in [0.25, 0.3) is 0 Å². The zero-order valence-corrected chi connectivity index (χ0v) is 12.4. The minimum Gasteiger partial charge on any atom is -0.330 e. The summed E-state index contributed by atoms with van der Waals surface area (Å²) in [5.41, 5.74) is 14.6. The lowest BCUT2D eigenvalue weighted by Crippen LogP contribution is -2.10. The average molecular weight is 265 g/mol. The number of benzene rings is 2. The molecule has 0 unspecified atom stereocenters. The summed E-state index contributed by atoms with van der Waals surface area (Å²) in [5, 5.41) is 0. The smallest absolute Gasteiger partial charge is 0.0107 e. The summed E-state index contributed by atoms with van der Waals surface area (Å²) in [6.07, 6.45) is 3.33. The number of fused-ring (bicyclic) bond motifs is 2. The fraction of sp³-hybridized carbons (Fsp3) is 0.368. The minimum atomic E-state index is 0.466. The van der Waals surface area contributed by atoms with E-state index in [0.29, 0.717) is 5.92 Å². The third kappa shape index (κ3) is 2.38. The third-order valence-corrected chi connectivity index (χ3v) is 4.47. The Hall–Kier alpha value is -1.60. The van der Waals surface area contributed by atoms with Gasteiger partial charge in [0.05, 0.1) is 0 Å². The summed E-state index contributed by atoms with van der Waals surface area (Å²) in [7, 11) is 0. The van der Waals surface area contributed by atoms with Crippen LogP contribution >= 0.6 is 0 Å². The van der Waals surface area contributed by atoms with E-state index in [1.165, 1.54) is 33.4 Å². The van der Waals surface area contributed by atoms with Crippen molar-refractivity contribution in [3.05, 3.63) is 69.8 Å². The Bertz CT molecular complexity index is 574. The molecule has 0 saturated heterocycles. The fourth-order valence-corrected chi connectivity index (χ4v) is 3.50. The van der Waals surface area contributed by atoms with E-state index in [1.54, 1.807) is 0 Å². The highest BCUT2D eigenvalue weighted by atomic mass is 14.5. The number of hydrogen-bond acceptors (Lipinski definition) is 1. The number of rotatable bonds is 2. The van der Waals surface area contributed by atoms with Gasteiger partial charge < -0.3 is 5.73 Å². The predicted molar refractivity (Wildman–Crippen MR) is 85.3 cm³/mol. The molecule has 0 aromatic heterocycles. The van der Waals surface area contributed by atoms with Crippen molar-refractivity contribution in [3.8, 4) is 0 Å². The lowest BCUT2D eigenvalue weighted by Gasteiger charge is -2.20. The van der Waals surface area contributed by atoms with Gasteiger partial charge in [-0.05, 0) is 61.9 Å². The van der Waals surface area contributed by atoms with Crippen molar-refractivity contribution in [1.29, 1.82) is 0 Å². The number of nitrogens with two attached hydrogens (primary N) is 1. The van der Waals surface area contributed by atoms with Crippen LogP contribution in [0, 0.1) is 13.8 Å². The van der Waals surface area contributed by atoms with Gasteiger partial charge in [0, 0.05) is 5.92 Å². The maximum atomic E-state index is 5.88. The molecule has 1 nitrogen and oxygen atoms in total. The highest BCUT2D eigenvalue weighted by Gasteiger charge is 2.23. The van der Waals surface area contributed by atoms with E-state index in [2.05, 4.69) is 50.2 Å². The van der Waals surface area contributed by atoms with E-state index in [9.17, 15) is 0 Å². The molecule has 0 atom stereocenters. The summed E-state index contributed by atoms with van der Waals surface area (Å²) in [6, 6.07) is 13.8. The van der Waals surface area contributed by atoms with E-state index >= 15 is 0 Å². The van der Waals surface area contributed by atoms with Gasteiger partial charge in [0.2, 0.25) is 0 Å². The maximum Gasteiger partial charge on any atom is 0.0107 e. The van der Waals surface area contributed by atoms with Crippen LogP contribution in [0.4, 0.5) is 0 Å². The van der Waals surface area contributed by atoms with Crippen molar-refractivity contribution in [1.82, 2.24) is 0 Å². The molecule has 20 heavy (non-hydrogen) atoms. The first-order chi connectivity index (χ1) is 9.69. The molecule has 0 amide bonds. The normalized spacial score (nSPS) is 14.6. The molecule has 0 aliphatic heterocycles. The largest absolute Gasteiger partial charge is 0.330 e. The van der Waals surface area contributed by atoms with Crippen LogP contribution in [-0.4, -0.2) is 6.54 Å². The summed E-state index contributed by atoms with van der Waals surface area (Å²) < 4.78 is 0. The molecule has 1 heteroatoms. The maximum absolute atomic E-state index is 5.88. The van der Waals surface area contributed by atoms with Crippen LogP contribution in [0.1, 0.15) is 45.7 Å². The van der Waals surface area contributed by atoms with Crippen LogP contribution < -0.4 is 5.73 Å². The molecule has 0 saturated carbocycles. The average Bonchev–Trinajstić information content (AvgIpc) is 2.57. The second-order valence-electron chi connectivity index (χ2n) is 6.03. The van der Waals surface area contributed by atoms with Gasteiger partial charge in [0.25, 0.3) is 0 Å². The van der Waals surface area contributed by atoms with E-state index in [-0.39, 0.29) is 0 Å². The molecule has 0 heterocycles. The van der Waals surface area contributed by atoms with Gasteiger partial charge in [-0.1, -0.05) is 47.5 Å². The van der Waals surface area contributed by atoms with Crippen LogP contribution in [0.5, 0.6) is 0 Å². The standard InChI is InChI=1S/C19H23N/c1-13-3-7-17-15(11-13)5-6-16-12-14(2)4-8-18(16)19(17)9-10-20/h3-4,7-8,11-12,19H,5-6,9-10,20H2,1-2H3. The van der Waals surface area contributed by atoms with E-state index < -0.39 is 0 Å². The molecule has 1 aliphatic rings. The monoisotopic (exact) mass is 265 g/mol. The third-order valence-electron chi connectivity index (χ3n) is 4.47. The number of aryl methyl sites for hydroxylation is 4. The molecule has 2 aromatic rings. The Balaban J connectivity index is 2.15. The molecule has 2 aromatic carbocycles. The Kier molecular flexibility index (Phi) is 3.62. The molecule has 1 aliphatic carbocycles. The van der Waals surface area contributed by atoms with Gasteiger partial charge in [-0.2, -0.15) is 0 Å². The van der Waals surface area contributed by atoms with Crippen molar-refractivity contribution in [2.45, 2.75) is 39.0 Å². The Morgan fingerprint density at radius 1 is 0.900 bits per heavy atom. The van der Waals surface area contributed by atoms with E-state index in [4.69, 9.17) is 5.73 Å². The van der Waals surface area contributed by atoms with Crippen LogP contribution in [-0.2, 0) is 12.8 Å². The zero-order valence-electron chi connectivity index (χ0n) is 12.4. The van der Waals surface area contributed by atoms with Gasteiger partial charge in [-0.15, -0.1) is 0 Å². The van der Waals surface area contributed by atoms with Crippen LogP contribution in [0.15, 0.2) is 36.4 Å². The lowest BCUT2D eigenvalue weighted by atomic mass is 9.85. The van der Waals surface area contributed by atoms with Crippen molar-refractivity contribution in [2.75, 3.05) is 6.54 Å². The molecular formula is C19H23N. The number of hydrogen-bond donors (Lipinski definition) is 1. The second kappa shape index (κ2) is 5.41. The van der Waals surface area contributed by atoms with Crippen LogP contribution in [0.3, 0.4) is 0 Å². The molecule has 3 rings (SSSR count). The van der Waals surface area contributed by atoms with Crippen molar-refractivity contribution in [2.24, 2.45) is 5.73 Å². The SMILES string of the molecule is Cc1ccc2c(c1)CCc1cc(C)ccc1C2CCN. The summed E-state index contributed by atoms with van der Waals surface area (Å²) in [4.78, 5) is 0. The highest BCUT2D eigenvalue weighted by Crippen LogP contribution is 2.36. The minimum absolute atomic E-state index is 0.466. The predicted octanol–water partition coefficient (Wildman–Crippen LogP) is 3.88. The second-order valence-corrected chi connectivity index (χ2v) is 6.03. The van der Waals surface area contributed by atoms with Gasteiger partial charge in [-0.25, -0.2) is 0 Å². The van der Waals surface area contributed by atoms with Gasteiger partial charge >= 0.3 is 0 Å². The van der Waals surface area contributed by atoms with Gasteiger partial charge in [0.1, 0.15) is 0 Å². The van der Waals surface area contributed by atoms with Crippen molar-refractivity contribution in [3.63, 3.8) is 0 Å². The zero-order chi connectivity index (χ0) is 14.1. The molecule has 0 fully saturated rings. The lowest BCUT2D eigenvalue weighted by molar-refractivity contribution is 0.722. The molecule has 0 bridgehead atoms. The molecular weight excluding hydrogens is 242 g/mol. The van der Waals surface area contributed by atoms with Gasteiger partial charge in [-0.3, -0.25) is 0 Å².